The summed E-state index contributed by atoms with van der Waals surface area (Å²) in [5.41, 5.74) is 1.77. The summed E-state index contributed by atoms with van der Waals surface area (Å²) >= 11 is 6.40. The highest BCUT2D eigenvalue weighted by molar-refractivity contribution is 6.33. The van der Waals surface area contributed by atoms with Gasteiger partial charge >= 0.3 is 5.97 Å². The number of nitrogens with zero attached hydrogens (tertiary/aromatic N) is 1. The molecule has 2 atom stereocenters. The molecule has 1 saturated carbocycles. The first-order chi connectivity index (χ1) is 10.2. The fourth-order valence-electron chi connectivity index (χ4n) is 3.33. The number of rotatable bonds is 3. The van der Waals surface area contributed by atoms with Crippen LogP contribution in [0.25, 0.3) is 6.08 Å². The number of hydrogen-bond acceptors (Lipinski definition) is 3. The molecule has 1 heterocycles. The van der Waals surface area contributed by atoms with Crippen molar-refractivity contribution < 1.29 is 14.6 Å². The summed E-state index contributed by atoms with van der Waals surface area (Å²) in [4.78, 5) is 13.1. The molecule has 0 amide bonds. The van der Waals surface area contributed by atoms with E-state index >= 15 is 0 Å². The summed E-state index contributed by atoms with van der Waals surface area (Å²) in [6.07, 6.45) is 6.39. The number of para-hydroxylation sites is 1. The van der Waals surface area contributed by atoms with Crippen LogP contribution in [0.5, 0.6) is 0 Å². The molecule has 4 nitrogen and oxygen atoms in total. The molecule has 112 valence electrons. The van der Waals surface area contributed by atoms with Crippen molar-refractivity contribution >= 4 is 29.3 Å². The second kappa shape index (κ2) is 6.08. The van der Waals surface area contributed by atoms with Crippen molar-refractivity contribution in [3.8, 4) is 0 Å². The number of fused-ring (bicyclic) bond motifs is 1. The van der Waals surface area contributed by atoms with Crippen LogP contribution in [0, 0.1) is 0 Å². The number of hydrogen-bond donors (Lipinski definition) is 1. The largest absolute Gasteiger partial charge is 0.478 e. The number of carboxylic acids is 1. The molecule has 2 unspecified atom stereocenters. The van der Waals surface area contributed by atoms with Crippen molar-refractivity contribution in [2.24, 2.45) is 0 Å². The second-order valence-electron chi connectivity index (χ2n) is 5.45. The summed E-state index contributed by atoms with van der Waals surface area (Å²) < 4.78 is 5.83. The van der Waals surface area contributed by atoms with Crippen molar-refractivity contribution in [2.45, 2.75) is 31.4 Å². The van der Waals surface area contributed by atoms with Crippen LogP contribution in [0.4, 0.5) is 5.69 Å². The summed E-state index contributed by atoms with van der Waals surface area (Å²) in [5.74, 6) is -0.957. The Hall–Kier alpha value is -1.52. The van der Waals surface area contributed by atoms with E-state index in [1.165, 1.54) is 0 Å². The van der Waals surface area contributed by atoms with E-state index in [9.17, 15) is 4.79 Å². The van der Waals surface area contributed by atoms with Crippen molar-refractivity contribution in [3.05, 3.63) is 34.9 Å². The number of halogens is 1. The van der Waals surface area contributed by atoms with E-state index in [4.69, 9.17) is 21.4 Å². The zero-order valence-corrected chi connectivity index (χ0v) is 12.4. The van der Waals surface area contributed by atoms with Crippen molar-refractivity contribution in [3.63, 3.8) is 0 Å². The summed E-state index contributed by atoms with van der Waals surface area (Å²) in [5, 5.41) is 9.50. The molecular weight excluding hydrogens is 290 g/mol. The van der Waals surface area contributed by atoms with Gasteiger partial charge in [-0.3, -0.25) is 0 Å². The molecule has 1 aromatic rings. The van der Waals surface area contributed by atoms with Gasteiger partial charge in [0.05, 0.1) is 29.5 Å². The van der Waals surface area contributed by atoms with E-state index in [0.29, 0.717) is 17.7 Å². The van der Waals surface area contributed by atoms with Gasteiger partial charge in [0.2, 0.25) is 0 Å². The molecule has 21 heavy (non-hydrogen) atoms. The number of ether oxygens (including phenoxy) is 1. The monoisotopic (exact) mass is 307 g/mol. The zero-order chi connectivity index (χ0) is 14.8. The van der Waals surface area contributed by atoms with Crippen LogP contribution in [0.1, 0.15) is 24.8 Å². The Morgan fingerprint density at radius 1 is 1.43 bits per heavy atom. The third kappa shape index (κ3) is 2.92. The molecule has 0 bridgehead atoms. The SMILES string of the molecule is O=C(O)/C=C/c1cccc(Cl)c1N1CCOC2CCCC21. The van der Waals surface area contributed by atoms with Gasteiger partial charge in [0, 0.05) is 12.6 Å². The normalized spacial score (nSPS) is 25.3. The van der Waals surface area contributed by atoms with Gasteiger partial charge in [-0.15, -0.1) is 0 Å². The zero-order valence-electron chi connectivity index (χ0n) is 11.7. The van der Waals surface area contributed by atoms with Crippen LogP contribution in [0.2, 0.25) is 5.02 Å². The average molecular weight is 308 g/mol. The summed E-state index contributed by atoms with van der Waals surface area (Å²) in [6.45, 7) is 1.48. The van der Waals surface area contributed by atoms with Crippen LogP contribution < -0.4 is 4.90 Å². The third-order valence-electron chi connectivity index (χ3n) is 4.19. The lowest BCUT2D eigenvalue weighted by molar-refractivity contribution is -0.131. The van der Waals surface area contributed by atoms with E-state index in [2.05, 4.69) is 4.90 Å². The van der Waals surface area contributed by atoms with Gasteiger partial charge in [-0.05, 0) is 37.0 Å². The lowest BCUT2D eigenvalue weighted by atomic mass is 10.1. The maximum absolute atomic E-state index is 10.8. The number of carboxylic acid groups (broad SMARTS) is 1. The van der Waals surface area contributed by atoms with Gasteiger partial charge in [-0.2, -0.15) is 0 Å². The molecule has 1 aliphatic carbocycles. The van der Waals surface area contributed by atoms with Crippen LogP contribution in [0.3, 0.4) is 0 Å². The standard InChI is InChI=1S/C16H18ClNO3/c17-12-4-1-3-11(7-8-15(19)20)16(12)18-9-10-21-14-6-2-5-13(14)18/h1,3-4,7-8,13-14H,2,5-6,9-10H2,(H,19,20)/b8-7+. The lowest BCUT2D eigenvalue weighted by Crippen LogP contribution is -2.49. The molecule has 0 radical (unpaired) electrons. The van der Waals surface area contributed by atoms with Gasteiger partial charge < -0.3 is 14.7 Å². The predicted molar refractivity (Wildman–Crippen MR) is 82.8 cm³/mol. The van der Waals surface area contributed by atoms with Crippen LogP contribution in [-0.2, 0) is 9.53 Å². The first-order valence-corrected chi connectivity index (χ1v) is 7.62. The molecule has 3 rings (SSSR count). The molecular formula is C16H18ClNO3. The molecule has 2 fully saturated rings. The fourth-order valence-corrected chi connectivity index (χ4v) is 3.62. The number of morpholine rings is 1. The smallest absolute Gasteiger partial charge is 0.328 e. The van der Waals surface area contributed by atoms with Crippen LogP contribution >= 0.6 is 11.6 Å². The highest BCUT2D eigenvalue weighted by Crippen LogP contribution is 2.38. The lowest BCUT2D eigenvalue weighted by Gasteiger charge is -2.40. The van der Waals surface area contributed by atoms with Gasteiger partial charge in [-0.1, -0.05) is 23.7 Å². The van der Waals surface area contributed by atoms with Crippen LogP contribution in [-0.4, -0.2) is 36.4 Å². The number of aliphatic carboxylic acids is 1. The van der Waals surface area contributed by atoms with E-state index < -0.39 is 5.97 Å². The number of carbonyl (C=O) groups is 1. The van der Waals surface area contributed by atoms with Crippen LogP contribution in [0.15, 0.2) is 24.3 Å². The minimum atomic E-state index is -0.957. The second-order valence-corrected chi connectivity index (χ2v) is 5.86. The van der Waals surface area contributed by atoms with Crippen molar-refractivity contribution in [2.75, 3.05) is 18.1 Å². The topological polar surface area (TPSA) is 49.8 Å². The van der Waals surface area contributed by atoms with Crippen molar-refractivity contribution in [1.29, 1.82) is 0 Å². The Morgan fingerprint density at radius 2 is 2.29 bits per heavy atom. The van der Waals surface area contributed by atoms with Gasteiger partial charge in [0.25, 0.3) is 0 Å². The van der Waals surface area contributed by atoms with E-state index in [-0.39, 0.29) is 6.10 Å². The van der Waals surface area contributed by atoms with Gasteiger partial charge in [-0.25, -0.2) is 4.79 Å². The van der Waals surface area contributed by atoms with E-state index in [1.54, 1.807) is 6.08 Å². The first-order valence-electron chi connectivity index (χ1n) is 7.24. The highest BCUT2D eigenvalue weighted by atomic mass is 35.5. The molecule has 0 aromatic heterocycles. The molecule has 0 spiro atoms. The minimum absolute atomic E-state index is 0.270. The Morgan fingerprint density at radius 3 is 3.10 bits per heavy atom. The van der Waals surface area contributed by atoms with Crippen molar-refractivity contribution in [1.82, 2.24) is 0 Å². The number of anilines is 1. The predicted octanol–water partition coefficient (Wildman–Crippen LogP) is 3.20. The molecule has 2 aliphatic rings. The Bertz CT molecular complexity index is 573. The quantitative estimate of drug-likeness (QED) is 0.871. The third-order valence-corrected chi connectivity index (χ3v) is 4.50. The number of benzene rings is 1. The Labute approximate surface area is 129 Å². The van der Waals surface area contributed by atoms with E-state index in [0.717, 1.165) is 43.1 Å². The molecule has 1 saturated heterocycles. The Kier molecular flexibility index (Phi) is 4.17. The van der Waals surface area contributed by atoms with Gasteiger partial charge in [0.15, 0.2) is 0 Å². The molecule has 1 aromatic carbocycles. The first kappa shape index (κ1) is 14.4. The average Bonchev–Trinajstić information content (AvgIpc) is 2.93. The fraction of sp³-hybridized carbons (Fsp3) is 0.438. The highest BCUT2D eigenvalue weighted by Gasteiger charge is 2.37. The van der Waals surface area contributed by atoms with Gasteiger partial charge in [0.1, 0.15) is 0 Å². The van der Waals surface area contributed by atoms with E-state index in [1.807, 2.05) is 18.2 Å². The maximum atomic E-state index is 10.8. The molecule has 1 N–H and O–H groups in total. The molecule has 1 aliphatic heterocycles. The Balaban J connectivity index is 1.98. The maximum Gasteiger partial charge on any atom is 0.328 e. The minimum Gasteiger partial charge on any atom is -0.478 e. The summed E-state index contributed by atoms with van der Waals surface area (Å²) in [6, 6.07) is 5.95. The molecule has 5 heteroatoms. The summed E-state index contributed by atoms with van der Waals surface area (Å²) in [7, 11) is 0.